The van der Waals surface area contributed by atoms with Crippen LogP contribution >= 0.6 is 0 Å². The maximum atomic E-state index is 10.6. The minimum Gasteiger partial charge on any atom is -0.303 e. The molecule has 0 radical (unpaired) electrons. The molecule has 0 N–H and O–H groups in total. The van der Waals surface area contributed by atoms with E-state index in [2.05, 4.69) is 13.8 Å². The van der Waals surface area contributed by atoms with Crippen LogP contribution in [0.3, 0.4) is 0 Å². The summed E-state index contributed by atoms with van der Waals surface area (Å²) in [5, 5.41) is 0. The van der Waals surface area contributed by atoms with Gasteiger partial charge in [-0.05, 0) is 24.2 Å². The molecule has 76 valence electrons. The van der Waals surface area contributed by atoms with Crippen molar-refractivity contribution in [3.63, 3.8) is 0 Å². The highest BCUT2D eigenvalue weighted by Gasteiger charge is 2.24. The Morgan fingerprint density at radius 2 is 1.92 bits per heavy atom. The third-order valence-electron chi connectivity index (χ3n) is 3.24. The van der Waals surface area contributed by atoms with Crippen molar-refractivity contribution in [3.05, 3.63) is 0 Å². The van der Waals surface area contributed by atoms with E-state index in [9.17, 15) is 4.79 Å². The molecule has 1 aliphatic rings. The Morgan fingerprint density at radius 1 is 1.31 bits per heavy atom. The van der Waals surface area contributed by atoms with E-state index in [-0.39, 0.29) is 0 Å². The summed E-state index contributed by atoms with van der Waals surface area (Å²) < 4.78 is 0. The first kappa shape index (κ1) is 10.7. The normalized spacial score (nSPS) is 20.8. The zero-order chi connectivity index (χ0) is 9.68. The van der Waals surface area contributed by atoms with Crippen molar-refractivity contribution < 1.29 is 4.79 Å². The largest absolute Gasteiger partial charge is 0.303 e. The first-order chi connectivity index (χ1) is 6.24. The quantitative estimate of drug-likeness (QED) is 0.595. The van der Waals surface area contributed by atoms with E-state index < -0.39 is 0 Å². The van der Waals surface area contributed by atoms with Crippen molar-refractivity contribution in [2.45, 2.75) is 52.4 Å². The van der Waals surface area contributed by atoms with Crippen LogP contribution in [0.5, 0.6) is 0 Å². The van der Waals surface area contributed by atoms with Gasteiger partial charge < -0.3 is 4.79 Å². The molecule has 0 spiro atoms. The molecule has 1 saturated carbocycles. The van der Waals surface area contributed by atoms with E-state index in [0.717, 1.165) is 24.5 Å². The smallest absolute Gasteiger partial charge is 0.120 e. The fourth-order valence-corrected chi connectivity index (χ4v) is 2.64. The Balaban J connectivity index is 2.39. The van der Waals surface area contributed by atoms with E-state index in [0.29, 0.717) is 5.92 Å². The van der Waals surface area contributed by atoms with Gasteiger partial charge in [0.2, 0.25) is 0 Å². The van der Waals surface area contributed by atoms with E-state index in [4.69, 9.17) is 0 Å². The Morgan fingerprint density at radius 3 is 2.38 bits per heavy atom. The van der Waals surface area contributed by atoms with Crippen LogP contribution in [-0.4, -0.2) is 6.29 Å². The van der Waals surface area contributed by atoms with Gasteiger partial charge in [0.25, 0.3) is 0 Å². The summed E-state index contributed by atoms with van der Waals surface area (Å²) in [6.45, 7) is 4.51. The second-order valence-corrected chi connectivity index (χ2v) is 4.84. The molecule has 0 amide bonds. The minimum absolute atomic E-state index is 0.681. The van der Waals surface area contributed by atoms with Crippen LogP contribution in [0.2, 0.25) is 0 Å². The maximum Gasteiger partial charge on any atom is 0.120 e. The summed E-state index contributed by atoms with van der Waals surface area (Å²) in [5.74, 6) is 2.28. The molecule has 1 aliphatic carbocycles. The average molecular weight is 182 g/mol. The molecule has 0 aliphatic heterocycles. The highest BCUT2D eigenvalue weighted by atomic mass is 16.1. The topological polar surface area (TPSA) is 17.1 Å². The highest BCUT2D eigenvalue weighted by molar-refractivity contribution is 5.49. The Kier molecular flexibility index (Phi) is 4.47. The first-order valence-electron chi connectivity index (χ1n) is 5.67. The zero-order valence-corrected chi connectivity index (χ0v) is 8.96. The van der Waals surface area contributed by atoms with Crippen molar-refractivity contribution in [2.24, 2.45) is 17.8 Å². The van der Waals surface area contributed by atoms with Gasteiger partial charge in [-0.25, -0.2) is 0 Å². The van der Waals surface area contributed by atoms with Gasteiger partial charge in [0.05, 0.1) is 0 Å². The highest BCUT2D eigenvalue weighted by Crippen LogP contribution is 2.35. The molecule has 1 rings (SSSR count). The van der Waals surface area contributed by atoms with Gasteiger partial charge in [-0.15, -0.1) is 0 Å². The molecule has 1 nitrogen and oxygen atoms in total. The summed E-state index contributed by atoms with van der Waals surface area (Å²) in [6, 6.07) is 0. The molecule has 1 fully saturated rings. The molecule has 1 unspecified atom stereocenters. The molecule has 1 heteroatoms. The molecule has 0 aromatic rings. The van der Waals surface area contributed by atoms with Crippen LogP contribution in [0.4, 0.5) is 0 Å². The minimum atomic E-state index is 0.681. The molecule has 13 heavy (non-hydrogen) atoms. The van der Waals surface area contributed by atoms with Crippen molar-refractivity contribution in [1.82, 2.24) is 0 Å². The lowest BCUT2D eigenvalue weighted by Gasteiger charge is -2.22. The second-order valence-electron chi connectivity index (χ2n) is 4.84. The van der Waals surface area contributed by atoms with Gasteiger partial charge in [-0.3, -0.25) is 0 Å². The lowest BCUT2D eigenvalue weighted by atomic mass is 9.82. The standard InChI is InChI=1S/C12H22O/c1-10(2)9-12(7-8-13)11-5-3-4-6-11/h8,10-12H,3-7,9H2,1-2H3. The molecule has 0 heterocycles. The lowest BCUT2D eigenvalue weighted by molar-refractivity contribution is -0.109. The monoisotopic (exact) mass is 182 g/mol. The van der Waals surface area contributed by atoms with E-state index in [1.54, 1.807) is 0 Å². The van der Waals surface area contributed by atoms with Crippen molar-refractivity contribution in [3.8, 4) is 0 Å². The van der Waals surface area contributed by atoms with E-state index in [1.165, 1.54) is 32.1 Å². The number of hydrogen-bond acceptors (Lipinski definition) is 1. The van der Waals surface area contributed by atoms with Crippen LogP contribution in [0, 0.1) is 17.8 Å². The summed E-state index contributed by atoms with van der Waals surface area (Å²) in [7, 11) is 0. The van der Waals surface area contributed by atoms with Crippen LogP contribution in [0.1, 0.15) is 52.4 Å². The molecule has 0 bridgehead atoms. The van der Waals surface area contributed by atoms with Gasteiger partial charge in [-0.2, -0.15) is 0 Å². The lowest BCUT2D eigenvalue weighted by Crippen LogP contribution is -2.14. The number of carbonyl (C=O) groups excluding carboxylic acids is 1. The third kappa shape index (κ3) is 3.50. The number of hydrogen-bond donors (Lipinski definition) is 0. The van der Waals surface area contributed by atoms with Crippen LogP contribution < -0.4 is 0 Å². The third-order valence-corrected chi connectivity index (χ3v) is 3.24. The molecule has 0 aromatic heterocycles. The number of rotatable bonds is 5. The van der Waals surface area contributed by atoms with Gasteiger partial charge in [-0.1, -0.05) is 39.5 Å². The first-order valence-corrected chi connectivity index (χ1v) is 5.67. The summed E-state index contributed by atoms with van der Waals surface area (Å²) in [5.41, 5.74) is 0. The van der Waals surface area contributed by atoms with E-state index >= 15 is 0 Å². The molecule has 0 aromatic carbocycles. The van der Waals surface area contributed by atoms with Gasteiger partial charge >= 0.3 is 0 Å². The summed E-state index contributed by atoms with van der Waals surface area (Å²) in [4.78, 5) is 10.6. The fraction of sp³-hybridized carbons (Fsp3) is 0.917. The molecule has 1 atom stereocenters. The van der Waals surface area contributed by atoms with Crippen LogP contribution in [-0.2, 0) is 4.79 Å². The van der Waals surface area contributed by atoms with Crippen LogP contribution in [0.15, 0.2) is 0 Å². The Labute approximate surface area is 81.9 Å². The van der Waals surface area contributed by atoms with Crippen molar-refractivity contribution >= 4 is 6.29 Å². The predicted octanol–water partition coefficient (Wildman–Crippen LogP) is 3.43. The summed E-state index contributed by atoms with van der Waals surface area (Å²) >= 11 is 0. The van der Waals surface area contributed by atoms with E-state index in [1.807, 2.05) is 0 Å². The predicted molar refractivity (Wildman–Crippen MR) is 55.6 cm³/mol. The molecule has 0 saturated heterocycles. The molecular weight excluding hydrogens is 160 g/mol. The fourth-order valence-electron chi connectivity index (χ4n) is 2.64. The van der Waals surface area contributed by atoms with Gasteiger partial charge in [0, 0.05) is 6.42 Å². The number of aldehydes is 1. The Hall–Kier alpha value is -0.330. The maximum absolute atomic E-state index is 10.6. The van der Waals surface area contributed by atoms with Crippen molar-refractivity contribution in [1.29, 1.82) is 0 Å². The van der Waals surface area contributed by atoms with Gasteiger partial charge in [0.15, 0.2) is 0 Å². The SMILES string of the molecule is CC(C)CC(CC=O)C1CCCC1. The number of carbonyl (C=O) groups is 1. The second kappa shape index (κ2) is 5.41. The van der Waals surface area contributed by atoms with Crippen LogP contribution in [0.25, 0.3) is 0 Å². The van der Waals surface area contributed by atoms with Gasteiger partial charge in [0.1, 0.15) is 6.29 Å². The Bertz CT molecular complexity index is 145. The summed E-state index contributed by atoms with van der Waals surface area (Å²) in [6.07, 6.45) is 8.66. The van der Waals surface area contributed by atoms with Crippen molar-refractivity contribution in [2.75, 3.05) is 0 Å². The zero-order valence-electron chi connectivity index (χ0n) is 8.96. The molecular formula is C12H22O. The average Bonchev–Trinajstić information content (AvgIpc) is 2.54.